The molecule has 10 heteroatoms. The Morgan fingerprint density at radius 1 is 1.06 bits per heavy atom. The van der Waals surface area contributed by atoms with E-state index in [2.05, 4.69) is 15.8 Å². The van der Waals surface area contributed by atoms with Crippen LogP contribution in [-0.2, 0) is 4.79 Å². The average molecular weight is 460 g/mol. The summed E-state index contributed by atoms with van der Waals surface area (Å²) in [5, 5.41) is 19.4. The van der Waals surface area contributed by atoms with Crippen molar-refractivity contribution in [1.29, 1.82) is 0 Å². The largest absolute Gasteiger partial charge is 0.495 e. The zero-order chi connectivity index (χ0) is 24.2. The number of hydrazone groups is 1. The Morgan fingerprint density at radius 3 is 2.62 bits per heavy atom. The number of rotatable bonds is 7. The molecule has 4 rings (SSSR count). The molecule has 3 aromatic carbocycles. The van der Waals surface area contributed by atoms with E-state index >= 15 is 0 Å². The van der Waals surface area contributed by atoms with Gasteiger partial charge in [-0.25, -0.2) is 5.43 Å². The molecule has 2 N–H and O–H groups in total. The van der Waals surface area contributed by atoms with Crippen LogP contribution in [0.25, 0.3) is 21.9 Å². The maximum Gasteiger partial charge on any atom is 0.271 e. The topological polar surface area (TPSA) is 136 Å². The number of benzene rings is 3. The molecule has 2 amide bonds. The highest BCUT2D eigenvalue weighted by atomic mass is 16.6. The second-order valence-corrected chi connectivity index (χ2v) is 7.47. The SMILES string of the molecule is COc1cc2c(cc1NC(=O)C/C(C)=N/NC(=O)c1cccc([N+](=O)[O-])c1)oc1ccccc12. The number of nitrogens with one attached hydrogen (secondary N) is 2. The molecule has 0 saturated carbocycles. The summed E-state index contributed by atoms with van der Waals surface area (Å²) in [6.45, 7) is 1.58. The maximum absolute atomic E-state index is 12.6. The van der Waals surface area contributed by atoms with Crippen molar-refractivity contribution in [2.75, 3.05) is 12.4 Å². The number of hydrogen-bond acceptors (Lipinski definition) is 7. The number of carbonyl (C=O) groups is 2. The average Bonchev–Trinajstić information content (AvgIpc) is 3.19. The van der Waals surface area contributed by atoms with Crippen molar-refractivity contribution >= 4 is 50.8 Å². The molecule has 10 nitrogen and oxygen atoms in total. The number of carbonyl (C=O) groups excluding carboxylic acids is 2. The van der Waals surface area contributed by atoms with Gasteiger partial charge in [0.05, 0.1) is 24.1 Å². The Kier molecular flexibility index (Phi) is 6.22. The van der Waals surface area contributed by atoms with Crippen molar-refractivity contribution in [2.45, 2.75) is 13.3 Å². The first-order valence-electron chi connectivity index (χ1n) is 10.2. The van der Waals surface area contributed by atoms with E-state index in [0.29, 0.717) is 22.7 Å². The number of anilines is 1. The Labute approximate surface area is 193 Å². The lowest BCUT2D eigenvalue weighted by molar-refractivity contribution is -0.384. The Bertz CT molecular complexity index is 1460. The van der Waals surface area contributed by atoms with Crippen molar-refractivity contribution in [2.24, 2.45) is 5.10 Å². The highest BCUT2D eigenvalue weighted by Crippen LogP contribution is 2.36. The third kappa shape index (κ3) is 4.70. The van der Waals surface area contributed by atoms with Gasteiger partial charge in [0.2, 0.25) is 5.91 Å². The van der Waals surface area contributed by atoms with Crippen LogP contribution in [-0.4, -0.2) is 29.6 Å². The number of methoxy groups -OCH3 is 1. The van der Waals surface area contributed by atoms with E-state index in [-0.39, 0.29) is 23.6 Å². The van der Waals surface area contributed by atoms with E-state index in [1.54, 1.807) is 19.1 Å². The van der Waals surface area contributed by atoms with Gasteiger partial charge >= 0.3 is 0 Å². The molecule has 34 heavy (non-hydrogen) atoms. The van der Waals surface area contributed by atoms with Gasteiger partial charge in [-0.2, -0.15) is 5.10 Å². The molecule has 0 radical (unpaired) electrons. The summed E-state index contributed by atoms with van der Waals surface area (Å²) in [6, 6.07) is 16.4. The first-order valence-corrected chi connectivity index (χ1v) is 10.2. The summed E-state index contributed by atoms with van der Waals surface area (Å²) in [5.74, 6) is -0.527. The number of nitro benzene ring substituents is 1. The van der Waals surface area contributed by atoms with E-state index in [1.807, 2.05) is 24.3 Å². The second-order valence-electron chi connectivity index (χ2n) is 7.47. The molecule has 0 aliphatic heterocycles. The highest BCUT2D eigenvalue weighted by molar-refractivity contribution is 6.10. The Morgan fingerprint density at radius 2 is 1.85 bits per heavy atom. The molecule has 0 aliphatic carbocycles. The summed E-state index contributed by atoms with van der Waals surface area (Å²) >= 11 is 0. The lowest BCUT2D eigenvalue weighted by atomic mass is 10.1. The quantitative estimate of drug-likeness (QED) is 0.234. The van der Waals surface area contributed by atoms with Crippen LogP contribution in [0.3, 0.4) is 0 Å². The van der Waals surface area contributed by atoms with Crippen molar-refractivity contribution < 1.29 is 23.7 Å². The van der Waals surface area contributed by atoms with Gasteiger partial charge in [-0.15, -0.1) is 0 Å². The van der Waals surface area contributed by atoms with Gasteiger partial charge in [0.1, 0.15) is 16.9 Å². The molecule has 0 spiro atoms. The second kappa shape index (κ2) is 9.41. The summed E-state index contributed by atoms with van der Waals surface area (Å²) in [7, 11) is 1.51. The fraction of sp³-hybridized carbons (Fsp3) is 0.125. The van der Waals surface area contributed by atoms with Crippen molar-refractivity contribution in [3.05, 3.63) is 76.3 Å². The summed E-state index contributed by atoms with van der Waals surface area (Å²) in [6.07, 6.45) is -0.101. The van der Waals surface area contributed by atoms with Gasteiger partial charge in [-0.3, -0.25) is 19.7 Å². The summed E-state index contributed by atoms with van der Waals surface area (Å²) in [4.78, 5) is 35.1. The van der Waals surface area contributed by atoms with Gasteiger partial charge in [0, 0.05) is 40.2 Å². The summed E-state index contributed by atoms with van der Waals surface area (Å²) in [5.41, 5.74) is 4.28. The van der Waals surface area contributed by atoms with Gasteiger partial charge < -0.3 is 14.5 Å². The maximum atomic E-state index is 12.6. The molecule has 1 aromatic heterocycles. The fourth-order valence-corrected chi connectivity index (χ4v) is 3.46. The van der Waals surface area contributed by atoms with Gasteiger partial charge in [-0.1, -0.05) is 24.3 Å². The molecule has 1 heterocycles. The van der Waals surface area contributed by atoms with Crippen LogP contribution in [0.5, 0.6) is 5.75 Å². The van der Waals surface area contributed by atoms with E-state index in [0.717, 1.165) is 22.4 Å². The minimum Gasteiger partial charge on any atom is -0.495 e. The number of nitro groups is 1. The van der Waals surface area contributed by atoms with E-state index in [4.69, 9.17) is 9.15 Å². The molecule has 0 aliphatic rings. The van der Waals surface area contributed by atoms with Crippen molar-refractivity contribution in [3.8, 4) is 5.75 Å². The number of hydrogen-bond donors (Lipinski definition) is 2. The molecule has 172 valence electrons. The van der Waals surface area contributed by atoms with Crippen molar-refractivity contribution in [3.63, 3.8) is 0 Å². The lowest BCUT2D eigenvalue weighted by Crippen LogP contribution is -2.21. The van der Waals surface area contributed by atoms with E-state index in [9.17, 15) is 19.7 Å². The van der Waals surface area contributed by atoms with Crippen LogP contribution < -0.4 is 15.5 Å². The first kappa shape index (κ1) is 22.5. The van der Waals surface area contributed by atoms with E-state index < -0.39 is 10.8 Å². The van der Waals surface area contributed by atoms with Crippen LogP contribution in [0.1, 0.15) is 23.7 Å². The molecule has 0 unspecified atom stereocenters. The number of nitrogens with zero attached hydrogens (tertiary/aromatic N) is 2. The number of ether oxygens (including phenoxy) is 1. The predicted octanol–water partition coefficient (Wildman–Crippen LogP) is 4.64. The van der Waals surface area contributed by atoms with Crippen LogP contribution in [0, 0.1) is 10.1 Å². The van der Waals surface area contributed by atoms with Gasteiger partial charge in [-0.05, 0) is 25.1 Å². The lowest BCUT2D eigenvalue weighted by Gasteiger charge is -2.10. The third-order valence-electron chi connectivity index (χ3n) is 5.06. The highest BCUT2D eigenvalue weighted by Gasteiger charge is 2.15. The molecule has 0 bridgehead atoms. The Balaban J connectivity index is 1.45. The van der Waals surface area contributed by atoms with Crippen LogP contribution in [0.15, 0.2) is 70.2 Å². The van der Waals surface area contributed by atoms with Crippen LogP contribution in [0.2, 0.25) is 0 Å². The third-order valence-corrected chi connectivity index (χ3v) is 5.06. The van der Waals surface area contributed by atoms with E-state index in [1.165, 1.54) is 25.3 Å². The number of non-ortho nitro benzene ring substituents is 1. The standard InChI is InChI=1S/C24H20N4O6/c1-14(26-27-24(30)15-6-5-7-16(11-15)28(31)32)10-23(29)25-19-13-21-18(12-22(19)33-2)17-8-3-4-9-20(17)34-21/h3-9,11-13H,10H2,1-2H3,(H,25,29)(H,27,30)/b26-14+. The number of para-hydroxylation sites is 1. The number of furan rings is 1. The number of fused-ring (bicyclic) bond motifs is 3. The fourth-order valence-electron chi connectivity index (χ4n) is 3.46. The molecule has 0 atom stereocenters. The Hall–Kier alpha value is -4.73. The minimum absolute atomic E-state index is 0.0825. The smallest absolute Gasteiger partial charge is 0.271 e. The summed E-state index contributed by atoms with van der Waals surface area (Å²) < 4.78 is 11.3. The molecule has 0 fully saturated rings. The van der Waals surface area contributed by atoms with Gasteiger partial charge in [0.15, 0.2) is 0 Å². The normalized spacial score (nSPS) is 11.4. The van der Waals surface area contributed by atoms with Crippen LogP contribution >= 0.6 is 0 Å². The zero-order valence-electron chi connectivity index (χ0n) is 18.3. The number of amides is 2. The zero-order valence-corrected chi connectivity index (χ0v) is 18.3. The van der Waals surface area contributed by atoms with Crippen molar-refractivity contribution in [1.82, 2.24) is 5.43 Å². The molecule has 0 saturated heterocycles. The van der Waals surface area contributed by atoms with Gasteiger partial charge in [0.25, 0.3) is 11.6 Å². The van der Waals surface area contributed by atoms with Crippen LogP contribution in [0.4, 0.5) is 11.4 Å². The first-order chi connectivity index (χ1) is 16.4. The molecular formula is C24H20N4O6. The minimum atomic E-state index is -0.625. The monoisotopic (exact) mass is 460 g/mol. The predicted molar refractivity (Wildman–Crippen MR) is 127 cm³/mol. The molecular weight excluding hydrogens is 440 g/mol. The molecule has 4 aromatic rings.